The van der Waals surface area contributed by atoms with E-state index >= 15 is 0 Å². The molecule has 0 aromatic heterocycles. The van der Waals surface area contributed by atoms with Crippen molar-refractivity contribution >= 4 is 11.9 Å². The molecule has 0 heterocycles. The molecule has 2 aromatic rings. The maximum Gasteiger partial charge on any atom is 0.343 e. The first-order valence-corrected chi connectivity index (χ1v) is 14.1. The number of esters is 1. The fourth-order valence-corrected chi connectivity index (χ4v) is 5.22. The van der Waals surface area contributed by atoms with Crippen LogP contribution in [-0.4, -0.2) is 17.0 Å². The second-order valence-corrected chi connectivity index (χ2v) is 9.99. The Morgan fingerprint density at radius 1 is 0.694 bits per heavy atom. The number of carboxylic acids is 1. The standard InChI is InChI=1S/C32H46O4/c1-5-9-11-16-24(14-7-3)28-18-13-19-29(30(28)25(15-8-4)17-12-10-6-2)36-32(35)27-22-20-26(21-23-27)31(33)34/h13,18-25H,5-12,14-17H2,1-4H3,(H,33,34). The van der Waals surface area contributed by atoms with Gasteiger partial charge >= 0.3 is 11.9 Å². The number of carbonyl (C=O) groups is 2. The van der Waals surface area contributed by atoms with Crippen molar-refractivity contribution in [2.45, 2.75) is 117 Å². The normalized spacial score (nSPS) is 12.8. The summed E-state index contributed by atoms with van der Waals surface area (Å²) in [5.41, 5.74) is 3.10. The second kappa shape index (κ2) is 16.2. The van der Waals surface area contributed by atoms with E-state index in [0.717, 1.165) is 38.5 Å². The van der Waals surface area contributed by atoms with E-state index in [2.05, 4.69) is 33.8 Å². The number of unbranched alkanes of at least 4 members (excludes halogenated alkanes) is 4. The molecule has 0 bridgehead atoms. The molecule has 4 nitrogen and oxygen atoms in total. The smallest absolute Gasteiger partial charge is 0.343 e. The largest absolute Gasteiger partial charge is 0.478 e. The van der Waals surface area contributed by atoms with Crippen LogP contribution in [0.15, 0.2) is 42.5 Å². The molecule has 2 unspecified atom stereocenters. The maximum absolute atomic E-state index is 13.1. The first-order chi connectivity index (χ1) is 17.5. The predicted octanol–water partition coefficient (Wildman–Crippen LogP) is 9.53. The minimum absolute atomic E-state index is 0.155. The van der Waals surface area contributed by atoms with Crippen molar-refractivity contribution in [1.29, 1.82) is 0 Å². The summed E-state index contributed by atoms with van der Waals surface area (Å²) in [4.78, 5) is 24.3. The third kappa shape index (κ3) is 8.80. The summed E-state index contributed by atoms with van der Waals surface area (Å²) < 4.78 is 6.07. The second-order valence-electron chi connectivity index (χ2n) is 9.99. The molecule has 2 atom stereocenters. The molecule has 0 saturated heterocycles. The van der Waals surface area contributed by atoms with Gasteiger partial charge in [-0.05, 0) is 73.4 Å². The number of carbonyl (C=O) groups excluding carboxylic acids is 1. The maximum atomic E-state index is 13.1. The van der Waals surface area contributed by atoms with Gasteiger partial charge in [0.15, 0.2) is 0 Å². The summed E-state index contributed by atoms with van der Waals surface area (Å²) in [6.45, 7) is 8.96. The monoisotopic (exact) mass is 494 g/mol. The van der Waals surface area contributed by atoms with Gasteiger partial charge in [0, 0.05) is 5.56 Å². The molecule has 0 saturated carbocycles. The lowest BCUT2D eigenvalue weighted by molar-refractivity contribution is 0.0691. The SMILES string of the molecule is CCCCCC(CCC)c1cccc(OC(=O)c2ccc(C(=O)O)cc2)c1C(CCC)CCCCC. The van der Waals surface area contributed by atoms with Gasteiger partial charge in [-0.15, -0.1) is 0 Å². The number of aromatic carboxylic acids is 1. The fraction of sp³-hybridized carbons (Fsp3) is 0.562. The molecule has 0 amide bonds. The van der Waals surface area contributed by atoms with Crippen molar-refractivity contribution in [3.63, 3.8) is 0 Å². The Hall–Kier alpha value is -2.62. The first kappa shape index (κ1) is 29.6. The van der Waals surface area contributed by atoms with Crippen molar-refractivity contribution in [2.75, 3.05) is 0 Å². The third-order valence-corrected chi connectivity index (χ3v) is 7.10. The van der Waals surface area contributed by atoms with E-state index in [0.29, 0.717) is 23.1 Å². The van der Waals surface area contributed by atoms with Crippen LogP contribution in [0.4, 0.5) is 0 Å². The zero-order valence-corrected chi connectivity index (χ0v) is 22.9. The number of rotatable bonds is 17. The van der Waals surface area contributed by atoms with Gasteiger partial charge in [-0.1, -0.05) is 91.2 Å². The lowest BCUT2D eigenvalue weighted by atomic mass is 9.79. The highest BCUT2D eigenvalue weighted by Gasteiger charge is 2.25. The minimum atomic E-state index is -1.01. The summed E-state index contributed by atoms with van der Waals surface area (Å²) in [7, 11) is 0. The molecule has 0 aliphatic heterocycles. The van der Waals surface area contributed by atoms with Gasteiger partial charge in [0.05, 0.1) is 11.1 Å². The Morgan fingerprint density at radius 2 is 1.25 bits per heavy atom. The Labute approximate surface area is 218 Å². The van der Waals surface area contributed by atoms with Crippen molar-refractivity contribution in [3.05, 3.63) is 64.7 Å². The van der Waals surface area contributed by atoms with E-state index in [9.17, 15) is 14.7 Å². The van der Waals surface area contributed by atoms with Crippen LogP contribution >= 0.6 is 0 Å². The number of hydrogen-bond acceptors (Lipinski definition) is 3. The molecular formula is C32H46O4. The average Bonchev–Trinajstić information content (AvgIpc) is 2.88. The minimum Gasteiger partial charge on any atom is -0.478 e. The zero-order chi connectivity index (χ0) is 26.3. The molecule has 198 valence electrons. The van der Waals surface area contributed by atoms with Crippen LogP contribution in [0.1, 0.15) is 148 Å². The summed E-state index contributed by atoms with van der Waals surface area (Å²) in [5.74, 6) is 0.0546. The first-order valence-electron chi connectivity index (χ1n) is 14.1. The topological polar surface area (TPSA) is 63.6 Å². The van der Waals surface area contributed by atoms with Crippen LogP contribution in [-0.2, 0) is 0 Å². The average molecular weight is 495 g/mol. The van der Waals surface area contributed by atoms with Crippen molar-refractivity contribution in [2.24, 2.45) is 0 Å². The van der Waals surface area contributed by atoms with E-state index in [-0.39, 0.29) is 5.56 Å². The van der Waals surface area contributed by atoms with Crippen LogP contribution in [0.25, 0.3) is 0 Å². The summed E-state index contributed by atoms with van der Waals surface area (Å²) in [6.07, 6.45) is 13.9. The van der Waals surface area contributed by atoms with Gasteiger partial charge in [0.2, 0.25) is 0 Å². The Bertz CT molecular complexity index is 932. The quantitative estimate of drug-likeness (QED) is 0.135. The van der Waals surface area contributed by atoms with E-state index in [1.807, 2.05) is 12.1 Å². The van der Waals surface area contributed by atoms with Crippen LogP contribution in [0.5, 0.6) is 5.75 Å². The van der Waals surface area contributed by atoms with Gasteiger partial charge in [-0.25, -0.2) is 9.59 Å². The molecule has 2 aromatic carbocycles. The van der Waals surface area contributed by atoms with Crippen LogP contribution in [0.2, 0.25) is 0 Å². The van der Waals surface area contributed by atoms with Gasteiger partial charge in [-0.2, -0.15) is 0 Å². The van der Waals surface area contributed by atoms with E-state index in [1.165, 1.54) is 73.9 Å². The van der Waals surface area contributed by atoms with E-state index < -0.39 is 11.9 Å². The van der Waals surface area contributed by atoms with Crippen molar-refractivity contribution in [3.8, 4) is 5.75 Å². The number of ether oxygens (including phenoxy) is 1. The fourth-order valence-electron chi connectivity index (χ4n) is 5.22. The predicted molar refractivity (Wildman–Crippen MR) is 148 cm³/mol. The highest BCUT2D eigenvalue weighted by atomic mass is 16.5. The molecule has 1 N–H and O–H groups in total. The van der Waals surface area contributed by atoms with Crippen molar-refractivity contribution in [1.82, 2.24) is 0 Å². The summed E-state index contributed by atoms with van der Waals surface area (Å²) in [6, 6.07) is 12.2. The lowest BCUT2D eigenvalue weighted by Crippen LogP contribution is -2.15. The third-order valence-electron chi connectivity index (χ3n) is 7.10. The molecule has 36 heavy (non-hydrogen) atoms. The molecule has 0 aliphatic carbocycles. The molecule has 0 spiro atoms. The molecule has 0 radical (unpaired) electrons. The zero-order valence-electron chi connectivity index (χ0n) is 22.9. The molecule has 4 heteroatoms. The Balaban J connectivity index is 2.48. The molecule has 0 fully saturated rings. The van der Waals surface area contributed by atoms with Crippen LogP contribution in [0, 0.1) is 0 Å². The van der Waals surface area contributed by atoms with Gasteiger partial charge in [0.1, 0.15) is 5.75 Å². The van der Waals surface area contributed by atoms with Gasteiger partial charge in [-0.3, -0.25) is 0 Å². The molecule has 0 aliphatic rings. The number of carboxylic acid groups (broad SMARTS) is 1. The van der Waals surface area contributed by atoms with Crippen molar-refractivity contribution < 1.29 is 19.4 Å². The molecular weight excluding hydrogens is 448 g/mol. The van der Waals surface area contributed by atoms with Crippen LogP contribution < -0.4 is 4.74 Å². The summed E-state index contributed by atoms with van der Waals surface area (Å²) in [5, 5.41) is 9.17. The lowest BCUT2D eigenvalue weighted by Gasteiger charge is -2.27. The van der Waals surface area contributed by atoms with Gasteiger partial charge in [0.25, 0.3) is 0 Å². The summed E-state index contributed by atoms with van der Waals surface area (Å²) >= 11 is 0. The van der Waals surface area contributed by atoms with E-state index in [1.54, 1.807) is 0 Å². The van der Waals surface area contributed by atoms with Crippen LogP contribution in [0.3, 0.4) is 0 Å². The highest BCUT2D eigenvalue weighted by Crippen LogP contribution is 2.42. The Morgan fingerprint density at radius 3 is 1.81 bits per heavy atom. The highest BCUT2D eigenvalue weighted by molar-refractivity contribution is 5.93. The number of benzene rings is 2. The van der Waals surface area contributed by atoms with E-state index in [4.69, 9.17) is 4.74 Å². The molecule has 2 rings (SSSR count). The number of hydrogen-bond donors (Lipinski definition) is 1. The Kier molecular flexibility index (Phi) is 13.3. The van der Waals surface area contributed by atoms with Gasteiger partial charge < -0.3 is 9.84 Å².